The summed E-state index contributed by atoms with van der Waals surface area (Å²) in [6, 6.07) is 0. The van der Waals surface area contributed by atoms with E-state index < -0.39 is 11.7 Å². The van der Waals surface area contributed by atoms with Crippen molar-refractivity contribution in [1.29, 1.82) is 0 Å². The first-order chi connectivity index (χ1) is 7.81. The number of esters is 1. The molecule has 2 atom stereocenters. The van der Waals surface area contributed by atoms with Gasteiger partial charge >= 0.3 is 5.97 Å². The second-order valence-corrected chi connectivity index (χ2v) is 4.63. The van der Waals surface area contributed by atoms with Gasteiger partial charge in [-0.15, -0.1) is 6.58 Å². The molecule has 0 saturated carbocycles. The van der Waals surface area contributed by atoms with Gasteiger partial charge in [-0.25, -0.2) is 0 Å². The monoisotopic (exact) mass is 236 g/mol. The zero-order chi connectivity index (χ0) is 13.2. The SMILES string of the molecule is C=CCC1=C(C)C(C)(OC(C)=O)C=C(C)C1O. The second-order valence-electron chi connectivity index (χ2n) is 4.63. The van der Waals surface area contributed by atoms with Crippen molar-refractivity contribution in [1.82, 2.24) is 0 Å². The molecule has 0 radical (unpaired) electrons. The van der Waals surface area contributed by atoms with Crippen molar-refractivity contribution < 1.29 is 14.6 Å². The molecule has 0 aliphatic heterocycles. The molecular weight excluding hydrogens is 216 g/mol. The first-order valence-corrected chi connectivity index (χ1v) is 5.70. The molecule has 1 N–H and O–H groups in total. The Labute approximate surface area is 102 Å². The van der Waals surface area contributed by atoms with Crippen LogP contribution in [0.4, 0.5) is 0 Å². The van der Waals surface area contributed by atoms with Crippen molar-refractivity contribution in [3.8, 4) is 0 Å². The minimum absolute atomic E-state index is 0.328. The molecule has 3 heteroatoms. The molecule has 0 aromatic carbocycles. The minimum atomic E-state index is -0.756. The average Bonchev–Trinajstić information content (AvgIpc) is 2.20. The van der Waals surface area contributed by atoms with E-state index >= 15 is 0 Å². The Bertz CT molecular complexity index is 404. The molecule has 0 bridgehead atoms. The molecule has 0 fully saturated rings. The Morgan fingerprint density at radius 2 is 2.24 bits per heavy atom. The van der Waals surface area contributed by atoms with Crippen molar-refractivity contribution in [3.63, 3.8) is 0 Å². The van der Waals surface area contributed by atoms with Gasteiger partial charge < -0.3 is 9.84 Å². The third kappa shape index (κ3) is 2.67. The highest BCUT2D eigenvalue weighted by Gasteiger charge is 2.35. The van der Waals surface area contributed by atoms with E-state index in [0.29, 0.717) is 6.42 Å². The molecule has 0 heterocycles. The molecule has 0 spiro atoms. The van der Waals surface area contributed by atoms with Crippen LogP contribution in [0, 0.1) is 0 Å². The number of hydrogen-bond donors (Lipinski definition) is 1. The van der Waals surface area contributed by atoms with Gasteiger partial charge in [0.1, 0.15) is 5.60 Å². The van der Waals surface area contributed by atoms with E-state index in [1.54, 1.807) is 12.2 Å². The Morgan fingerprint density at radius 1 is 1.65 bits per heavy atom. The Kier molecular flexibility index (Phi) is 3.94. The molecule has 17 heavy (non-hydrogen) atoms. The number of hydrogen-bond acceptors (Lipinski definition) is 3. The van der Waals surface area contributed by atoms with E-state index in [-0.39, 0.29) is 5.97 Å². The van der Waals surface area contributed by atoms with Gasteiger partial charge in [-0.2, -0.15) is 0 Å². The highest BCUT2D eigenvalue weighted by molar-refractivity contribution is 5.68. The maximum Gasteiger partial charge on any atom is 0.303 e. The summed E-state index contributed by atoms with van der Waals surface area (Å²) in [5.74, 6) is -0.328. The standard InChI is InChI=1S/C14H20O3/c1-6-7-12-10(3)14(5,17-11(4)15)8-9(2)13(12)16/h6,8,13,16H,1,7H2,2-5H3. The van der Waals surface area contributed by atoms with E-state index in [2.05, 4.69) is 6.58 Å². The third-order valence-corrected chi connectivity index (χ3v) is 3.21. The fourth-order valence-corrected chi connectivity index (χ4v) is 2.25. The topological polar surface area (TPSA) is 46.5 Å². The van der Waals surface area contributed by atoms with E-state index in [1.807, 2.05) is 20.8 Å². The van der Waals surface area contributed by atoms with Gasteiger partial charge in [0, 0.05) is 6.92 Å². The van der Waals surface area contributed by atoms with Crippen LogP contribution in [0.3, 0.4) is 0 Å². The lowest BCUT2D eigenvalue weighted by atomic mass is 9.80. The van der Waals surface area contributed by atoms with Gasteiger partial charge in [-0.3, -0.25) is 4.79 Å². The molecule has 0 aromatic rings. The Balaban J connectivity index is 3.22. The number of allylic oxidation sites excluding steroid dienone is 1. The highest BCUT2D eigenvalue weighted by atomic mass is 16.6. The van der Waals surface area contributed by atoms with Gasteiger partial charge in [0.25, 0.3) is 0 Å². The predicted molar refractivity (Wildman–Crippen MR) is 67.4 cm³/mol. The summed E-state index contributed by atoms with van der Waals surface area (Å²) < 4.78 is 5.37. The zero-order valence-electron chi connectivity index (χ0n) is 10.9. The number of aliphatic hydroxyl groups excluding tert-OH is 1. The van der Waals surface area contributed by atoms with Crippen molar-refractivity contribution in [2.24, 2.45) is 0 Å². The molecule has 3 nitrogen and oxygen atoms in total. The summed E-state index contributed by atoms with van der Waals surface area (Å²) in [5, 5.41) is 10.1. The van der Waals surface area contributed by atoms with Crippen LogP contribution in [0.25, 0.3) is 0 Å². The van der Waals surface area contributed by atoms with Gasteiger partial charge in [-0.1, -0.05) is 6.08 Å². The van der Waals surface area contributed by atoms with Gasteiger partial charge in [-0.05, 0) is 50.0 Å². The van der Waals surface area contributed by atoms with Crippen LogP contribution in [-0.2, 0) is 9.53 Å². The summed E-state index contributed by atoms with van der Waals surface area (Å²) in [4.78, 5) is 11.2. The summed E-state index contributed by atoms with van der Waals surface area (Å²) in [7, 11) is 0. The minimum Gasteiger partial charge on any atom is -0.451 e. The lowest BCUT2D eigenvalue weighted by Gasteiger charge is -2.35. The normalized spacial score (nSPS) is 28.8. The fraction of sp³-hybridized carbons (Fsp3) is 0.500. The predicted octanol–water partition coefficient (Wildman–Crippen LogP) is 2.52. The maximum absolute atomic E-state index is 11.2. The Morgan fingerprint density at radius 3 is 2.71 bits per heavy atom. The van der Waals surface area contributed by atoms with E-state index in [0.717, 1.165) is 16.7 Å². The molecule has 0 aromatic heterocycles. The van der Waals surface area contributed by atoms with Gasteiger partial charge in [0.2, 0.25) is 0 Å². The van der Waals surface area contributed by atoms with E-state index in [9.17, 15) is 9.90 Å². The van der Waals surface area contributed by atoms with Crippen LogP contribution in [-0.4, -0.2) is 22.8 Å². The first-order valence-electron chi connectivity index (χ1n) is 5.70. The molecule has 1 aliphatic carbocycles. The molecule has 0 saturated heterocycles. The first kappa shape index (κ1) is 13.7. The largest absolute Gasteiger partial charge is 0.451 e. The fourth-order valence-electron chi connectivity index (χ4n) is 2.25. The average molecular weight is 236 g/mol. The second kappa shape index (κ2) is 4.88. The van der Waals surface area contributed by atoms with Crippen molar-refractivity contribution in [3.05, 3.63) is 35.5 Å². The molecule has 1 aliphatic rings. The van der Waals surface area contributed by atoms with Crippen LogP contribution < -0.4 is 0 Å². The van der Waals surface area contributed by atoms with Crippen molar-refractivity contribution >= 4 is 5.97 Å². The number of carbonyl (C=O) groups excluding carboxylic acids is 1. The maximum atomic E-state index is 11.2. The molecule has 2 unspecified atom stereocenters. The smallest absolute Gasteiger partial charge is 0.303 e. The molecule has 0 amide bonds. The lowest BCUT2D eigenvalue weighted by molar-refractivity contribution is -0.148. The molecule has 1 rings (SSSR count). The summed E-state index contributed by atoms with van der Waals surface area (Å²) in [6.45, 7) is 10.6. The van der Waals surface area contributed by atoms with Gasteiger partial charge in [0.15, 0.2) is 0 Å². The summed E-state index contributed by atoms with van der Waals surface area (Å²) >= 11 is 0. The molecule has 94 valence electrons. The van der Waals surface area contributed by atoms with Crippen LogP contribution >= 0.6 is 0 Å². The number of aliphatic hydroxyl groups is 1. The van der Waals surface area contributed by atoms with Crippen LogP contribution in [0.2, 0.25) is 0 Å². The number of ether oxygens (including phenoxy) is 1. The van der Waals surface area contributed by atoms with Gasteiger partial charge in [0.05, 0.1) is 6.10 Å². The summed E-state index contributed by atoms with van der Waals surface area (Å²) in [6.07, 6.45) is 3.54. The van der Waals surface area contributed by atoms with Crippen LogP contribution in [0.15, 0.2) is 35.5 Å². The summed E-state index contributed by atoms with van der Waals surface area (Å²) in [5.41, 5.74) is 1.79. The zero-order valence-corrected chi connectivity index (χ0v) is 10.9. The quantitative estimate of drug-likeness (QED) is 0.605. The van der Waals surface area contributed by atoms with Crippen LogP contribution in [0.5, 0.6) is 0 Å². The molecular formula is C14H20O3. The Hall–Kier alpha value is -1.35. The van der Waals surface area contributed by atoms with Crippen molar-refractivity contribution in [2.45, 2.75) is 45.8 Å². The van der Waals surface area contributed by atoms with E-state index in [1.165, 1.54) is 6.92 Å². The number of carbonyl (C=O) groups is 1. The number of rotatable bonds is 3. The van der Waals surface area contributed by atoms with Crippen molar-refractivity contribution in [2.75, 3.05) is 0 Å². The van der Waals surface area contributed by atoms with E-state index in [4.69, 9.17) is 4.74 Å². The third-order valence-electron chi connectivity index (χ3n) is 3.21. The lowest BCUT2D eigenvalue weighted by Crippen LogP contribution is -2.37. The highest BCUT2D eigenvalue weighted by Crippen LogP contribution is 2.36. The van der Waals surface area contributed by atoms with Crippen LogP contribution in [0.1, 0.15) is 34.1 Å².